The van der Waals surface area contributed by atoms with Gasteiger partial charge in [-0.3, -0.25) is 4.79 Å². The molecule has 3 rings (SSSR count). The Labute approximate surface area is 153 Å². The lowest BCUT2D eigenvalue weighted by molar-refractivity contribution is 0.279. The van der Waals surface area contributed by atoms with Crippen molar-refractivity contribution < 1.29 is 9.47 Å². The SMILES string of the molecule is COc1ccccc1OCCCn1ncc(N2CCC(CN)C2)cc1=O. The number of ether oxygens (including phenoxy) is 2. The second-order valence-electron chi connectivity index (χ2n) is 6.46. The molecule has 0 aliphatic carbocycles. The molecule has 140 valence electrons. The number of nitrogens with zero attached hydrogens (tertiary/aromatic N) is 3. The molecule has 0 saturated carbocycles. The van der Waals surface area contributed by atoms with Crippen molar-refractivity contribution in [2.75, 3.05) is 38.3 Å². The molecule has 1 fully saturated rings. The van der Waals surface area contributed by atoms with E-state index in [4.69, 9.17) is 15.2 Å². The summed E-state index contributed by atoms with van der Waals surface area (Å²) in [6.45, 7) is 3.52. The Balaban J connectivity index is 1.52. The number of hydrogen-bond acceptors (Lipinski definition) is 6. The van der Waals surface area contributed by atoms with Gasteiger partial charge in [0.1, 0.15) is 0 Å². The Morgan fingerprint density at radius 2 is 2.12 bits per heavy atom. The van der Waals surface area contributed by atoms with Crippen LogP contribution in [0.1, 0.15) is 12.8 Å². The molecule has 2 heterocycles. The number of aryl methyl sites for hydroxylation is 1. The lowest BCUT2D eigenvalue weighted by Crippen LogP contribution is -2.28. The Kier molecular flexibility index (Phi) is 6.12. The molecule has 1 aromatic heterocycles. The van der Waals surface area contributed by atoms with Gasteiger partial charge in [-0.25, -0.2) is 4.68 Å². The van der Waals surface area contributed by atoms with Gasteiger partial charge in [-0.05, 0) is 31.0 Å². The van der Waals surface area contributed by atoms with Crippen LogP contribution in [0.5, 0.6) is 11.5 Å². The molecule has 1 unspecified atom stereocenters. The molecular weight excluding hydrogens is 332 g/mol. The van der Waals surface area contributed by atoms with Crippen molar-refractivity contribution in [2.24, 2.45) is 11.7 Å². The largest absolute Gasteiger partial charge is 0.493 e. The summed E-state index contributed by atoms with van der Waals surface area (Å²) in [5, 5.41) is 4.30. The zero-order valence-electron chi connectivity index (χ0n) is 15.1. The molecule has 7 nitrogen and oxygen atoms in total. The van der Waals surface area contributed by atoms with E-state index >= 15 is 0 Å². The van der Waals surface area contributed by atoms with E-state index in [-0.39, 0.29) is 5.56 Å². The first-order chi connectivity index (χ1) is 12.7. The molecule has 1 aliphatic heterocycles. The summed E-state index contributed by atoms with van der Waals surface area (Å²) in [5.74, 6) is 1.91. The van der Waals surface area contributed by atoms with E-state index in [2.05, 4.69) is 10.00 Å². The fraction of sp³-hybridized carbons (Fsp3) is 0.474. The molecule has 1 aliphatic rings. The van der Waals surface area contributed by atoms with Gasteiger partial charge >= 0.3 is 0 Å². The minimum Gasteiger partial charge on any atom is -0.493 e. The van der Waals surface area contributed by atoms with E-state index in [1.807, 2.05) is 24.3 Å². The predicted octanol–water partition coefficient (Wildman–Crippen LogP) is 1.51. The molecular formula is C19H26N4O3. The summed E-state index contributed by atoms with van der Waals surface area (Å²) in [5.41, 5.74) is 6.52. The summed E-state index contributed by atoms with van der Waals surface area (Å²) in [6.07, 6.45) is 3.52. The number of hydrogen-bond donors (Lipinski definition) is 1. The van der Waals surface area contributed by atoms with E-state index in [9.17, 15) is 4.79 Å². The predicted molar refractivity (Wildman–Crippen MR) is 101 cm³/mol. The Bertz CT molecular complexity index is 777. The first-order valence-corrected chi connectivity index (χ1v) is 8.99. The van der Waals surface area contributed by atoms with Gasteiger partial charge in [0.2, 0.25) is 0 Å². The van der Waals surface area contributed by atoms with Gasteiger partial charge in [0.25, 0.3) is 5.56 Å². The highest BCUT2D eigenvalue weighted by Gasteiger charge is 2.22. The van der Waals surface area contributed by atoms with Crippen LogP contribution in [0, 0.1) is 5.92 Å². The van der Waals surface area contributed by atoms with Crippen LogP contribution in [0.15, 0.2) is 41.3 Å². The van der Waals surface area contributed by atoms with Gasteiger partial charge in [0.15, 0.2) is 11.5 Å². The van der Waals surface area contributed by atoms with E-state index < -0.39 is 0 Å². The van der Waals surface area contributed by atoms with Gasteiger partial charge in [0.05, 0.1) is 25.6 Å². The van der Waals surface area contributed by atoms with Crippen molar-refractivity contribution in [2.45, 2.75) is 19.4 Å². The number of anilines is 1. The zero-order chi connectivity index (χ0) is 18.4. The quantitative estimate of drug-likeness (QED) is 0.720. The van der Waals surface area contributed by atoms with Crippen LogP contribution in [0.2, 0.25) is 0 Å². The highest BCUT2D eigenvalue weighted by atomic mass is 16.5. The second-order valence-corrected chi connectivity index (χ2v) is 6.46. The van der Waals surface area contributed by atoms with Crippen LogP contribution in [-0.2, 0) is 6.54 Å². The molecule has 2 aromatic rings. The molecule has 7 heteroatoms. The third kappa shape index (κ3) is 4.35. The normalized spacial score (nSPS) is 16.7. The molecule has 0 spiro atoms. The molecule has 1 aromatic carbocycles. The van der Waals surface area contributed by atoms with Crippen molar-refractivity contribution in [1.29, 1.82) is 0 Å². The molecule has 0 amide bonds. The maximum atomic E-state index is 12.3. The zero-order valence-corrected chi connectivity index (χ0v) is 15.1. The number of nitrogens with two attached hydrogens (primary N) is 1. The monoisotopic (exact) mass is 358 g/mol. The van der Waals surface area contributed by atoms with Crippen LogP contribution in [-0.4, -0.2) is 43.1 Å². The smallest absolute Gasteiger partial charge is 0.268 e. The Morgan fingerprint density at radius 3 is 2.81 bits per heavy atom. The third-order valence-corrected chi connectivity index (χ3v) is 4.68. The maximum absolute atomic E-state index is 12.3. The van der Waals surface area contributed by atoms with Crippen molar-refractivity contribution in [3.63, 3.8) is 0 Å². The molecule has 1 saturated heterocycles. The summed E-state index contributed by atoms with van der Waals surface area (Å²) in [6, 6.07) is 9.17. The van der Waals surface area contributed by atoms with Crippen molar-refractivity contribution in [3.05, 3.63) is 46.9 Å². The number of methoxy groups -OCH3 is 1. The highest BCUT2D eigenvalue weighted by Crippen LogP contribution is 2.25. The van der Waals surface area contributed by atoms with E-state index in [0.717, 1.165) is 25.2 Å². The van der Waals surface area contributed by atoms with Crippen LogP contribution < -0.4 is 25.7 Å². The molecule has 0 bridgehead atoms. The molecule has 2 N–H and O–H groups in total. The first-order valence-electron chi connectivity index (χ1n) is 8.99. The fourth-order valence-electron chi connectivity index (χ4n) is 3.16. The van der Waals surface area contributed by atoms with Crippen molar-refractivity contribution in [1.82, 2.24) is 9.78 Å². The summed E-state index contributed by atoms with van der Waals surface area (Å²) >= 11 is 0. The second kappa shape index (κ2) is 8.71. The number of rotatable bonds is 8. The lowest BCUT2D eigenvalue weighted by Gasteiger charge is -2.18. The molecule has 0 radical (unpaired) electrons. The van der Waals surface area contributed by atoms with E-state index in [1.54, 1.807) is 19.4 Å². The van der Waals surface area contributed by atoms with Gasteiger partial charge in [0, 0.05) is 32.1 Å². The van der Waals surface area contributed by atoms with Crippen molar-refractivity contribution >= 4 is 5.69 Å². The Hall–Kier alpha value is -2.54. The third-order valence-electron chi connectivity index (χ3n) is 4.68. The Morgan fingerprint density at radius 1 is 1.31 bits per heavy atom. The van der Waals surface area contributed by atoms with Crippen LogP contribution in [0.3, 0.4) is 0 Å². The molecule has 1 atom stereocenters. The van der Waals surface area contributed by atoms with Gasteiger partial charge in [-0.2, -0.15) is 5.10 Å². The van der Waals surface area contributed by atoms with Crippen LogP contribution >= 0.6 is 0 Å². The average Bonchev–Trinajstić information content (AvgIpc) is 3.15. The van der Waals surface area contributed by atoms with Crippen LogP contribution in [0.25, 0.3) is 0 Å². The number of aromatic nitrogens is 2. The standard InChI is InChI=1S/C19H26N4O3/c1-25-17-5-2-3-6-18(17)26-10-4-8-23-19(24)11-16(13-21-23)22-9-7-15(12-20)14-22/h2-3,5-6,11,13,15H,4,7-10,12,14,20H2,1H3. The molecule has 26 heavy (non-hydrogen) atoms. The summed E-state index contributed by atoms with van der Waals surface area (Å²) < 4.78 is 12.5. The van der Waals surface area contributed by atoms with Gasteiger partial charge < -0.3 is 20.1 Å². The maximum Gasteiger partial charge on any atom is 0.268 e. The van der Waals surface area contributed by atoms with E-state index in [0.29, 0.717) is 43.5 Å². The highest BCUT2D eigenvalue weighted by molar-refractivity contribution is 5.44. The van der Waals surface area contributed by atoms with Gasteiger partial charge in [-0.15, -0.1) is 0 Å². The number of benzene rings is 1. The topological polar surface area (TPSA) is 82.6 Å². The summed E-state index contributed by atoms with van der Waals surface area (Å²) in [4.78, 5) is 14.5. The van der Waals surface area contributed by atoms with Gasteiger partial charge in [-0.1, -0.05) is 12.1 Å². The summed E-state index contributed by atoms with van der Waals surface area (Å²) in [7, 11) is 1.61. The van der Waals surface area contributed by atoms with E-state index in [1.165, 1.54) is 4.68 Å². The number of para-hydroxylation sites is 2. The average molecular weight is 358 g/mol. The van der Waals surface area contributed by atoms with Crippen molar-refractivity contribution in [3.8, 4) is 11.5 Å². The fourth-order valence-corrected chi connectivity index (χ4v) is 3.16. The first kappa shape index (κ1) is 18.3. The lowest BCUT2D eigenvalue weighted by atomic mass is 10.1. The van der Waals surface area contributed by atoms with Crippen LogP contribution in [0.4, 0.5) is 5.69 Å². The minimum atomic E-state index is -0.0870. The minimum absolute atomic E-state index is 0.0870.